The number of para-hydroxylation sites is 1. The van der Waals surface area contributed by atoms with Gasteiger partial charge < -0.3 is 10.2 Å². The molecule has 0 radical (unpaired) electrons. The fourth-order valence-corrected chi connectivity index (χ4v) is 5.31. The molecule has 2 N–H and O–H groups in total. The average molecular weight is 488 g/mol. The molecule has 178 valence electrons. The number of nitrogens with zero attached hydrogens (tertiary/aromatic N) is 1. The third-order valence-corrected chi connectivity index (χ3v) is 7.58. The fraction of sp³-hybridized carbons (Fsp3) is 0.185. The zero-order valence-electron chi connectivity index (χ0n) is 19.0. The van der Waals surface area contributed by atoms with Crippen LogP contribution in [0.5, 0.6) is 0 Å². The maximum absolute atomic E-state index is 12.9. The van der Waals surface area contributed by atoms with Gasteiger partial charge in [-0.3, -0.25) is 9.59 Å². The number of sulfonamides is 1. The number of carbonyl (C=O) groups is 2. The van der Waals surface area contributed by atoms with Crippen LogP contribution in [0.3, 0.4) is 0 Å². The Labute approximate surface area is 204 Å². The van der Waals surface area contributed by atoms with Crippen LogP contribution in [-0.2, 0) is 21.2 Å². The largest absolute Gasteiger partial charge is 0.323 e. The normalized spacial score (nSPS) is 15.3. The molecule has 1 saturated carbocycles. The number of amides is 2. The van der Waals surface area contributed by atoms with Gasteiger partial charge in [0.2, 0.25) is 15.9 Å². The molecule has 1 fully saturated rings. The van der Waals surface area contributed by atoms with E-state index < -0.39 is 10.0 Å². The summed E-state index contributed by atoms with van der Waals surface area (Å²) in [4.78, 5) is 27.2. The summed E-state index contributed by atoms with van der Waals surface area (Å²) in [5, 5.41) is 2.77. The smallest absolute Gasteiger partial charge is 0.258 e. The topological polar surface area (TPSA) is 95.6 Å². The van der Waals surface area contributed by atoms with Crippen molar-refractivity contribution < 1.29 is 18.0 Å². The first-order valence-corrected chi connectivity index (χ1v) is 13.0. The second-order valence-electron chi connectivity index (χ2n) is 8.70. The van der Waals surface area contributed by atoms with Crippen molar-refractivity contribution in [2.75, 3.05) is 16.8 Å². The molecule has 8 heteroatoms. The third-order valence-electron chi connectivity index (χ3n) is 6.05. The van der Waals surface area contributed by atoms with Gasteiger partial charge in [0.1, 0.15) is 0 Å². The van der Waals surface area contributed by atoms with Gasteiger partial charge in [0.25, 0.3) is 5.91 Å². The Morgan fingerprint density at radius 2 is 1.63 bits per heavy atom. The fourth-order valence-electron chi connectivity index (χ4n) is 4.00. The SMILES string of the molecule is O=C(/C=C/c1ccc(S(=O)(=O)NC2CC2)cc1)Nc1ccc(C(=O)N2CCc3ccccc32)cc1. The summed E-state index contributed by atoms with van der Waals surface area (Å²) < 4.78 is 27.1. The van der Waals surface area contributed by atoms with Crippen molar-refractivity contribution in [3.05, 3.63) is 95.6 Å². The number of rotatable bonds is 7. The maximum Gasteiger partial charge on any atom is 0.258 e. The van der Waals surface area contributed by atoms with E-state index >= 15 is 0 Å². The van der Waals surface area contributed by atoms with Gasteiger partial charge in [0.15, 0.2) is 0 Å². The number of nitrogens with one attached hydrogen (secondary N) is 2. The Bertz CT molecular complexity index is 1390. The van der Waals surface area contributed by atoms with Crippen LogP contribution in [-0.4, -0.2) is 32.8 Å². The van der Waals surface area contributed by atoms with Crippen LogP contribution in [0.4, 0.5) is 11.4 Å². The Morgan fingerprint density at radius 3 is 2.34 bits per heavy atom. The molecule has 3 aromatic carbocycles. The van der Waals surface area contributed by atoms with Crippen molar-refractivity contribution in [3.63, 3.8) is 0 Å². The number of anilines is 2. The second-order valence-corrected chi connectivity index (χ2v) is 10.4. The standard InChI is InChI=1S/C27H25N3O4S/c31-26(16-7-19-5-14-24(15-6-19)35(33,34)29-23-12-13-23)28-22-10-8-21(9-11-22)27(32)30-18-17-20-3-1-2-4-25(20)30/h1-11,14-16,23,29H,12-13,17-18H2,(H,28,31)/b16-7+. The highest BCUT2D eigenvalue weighted by atomic mass is 32.2. The van der Waals surface area contributed by atoms with Crippen molar-refractivity contribution >= 4 is 39.3 Å². The molecule has 2 aliphatic rings. The van der Waals surface area contributed by atoms with Gasteiger partial charge in [-0.25, -0.2) is 13.1 Å². The molecule has 5 rings (SSSR count). The molecular weight excluding hydrogens is 462 g/mol. The predicted molar refractivity (Wildman–Crippen MR) is 136 cm³/mol. The summed E-state index contributed by atoms with van der Waals surface area (Å²) in [6.45, 7) is 0.658. The quantitative estimate of drug-likeness (QED) is 0.493. The predicted octanol–water partition coefficient (Wildman–Crippen LogP) is 3.98. The Balaban J connectivity index is 1.18. The molecule has 2 amide bonds. The zero-order chi connectivity index (χ0) is 24.4. The monoisotopic (exact) mass is 487 g/mol. The van der Waals surface area contributed by atoms with E-state index in [9.17, 15) is 18.0 Å². The van der Waals surface area contributed by atoms with E-state index in [1.165, 1.54) is 23.8 Å². The van der Waals surface area contributed by atoms with Crippen molar-refractivity contribution in [2.45, 2.75) is 30.2 Å². The Morgan fingerprint density at radius 1 is 0.914 bits per heavy atom. The van der Waals surface area contributed by atoms with Crippen LogP contribution in [0.1, 0.15) is 34.3 Å². The first-order valence-electron chi connectivity index (χ1n) is 11.5. The molecule has 0 spiro atoms. The van der Waals surface area contributed by atoms with Crippen molar-refractivity contribution in [1.29, 1.82) is 0 Å². The van der Waals surface area contributed by atoms with Crippen LogP contribution in [0.25, 0.3) is 6.08 Å². The lowest BCUT2D eigenvalue weighted by Crippen LogP contribution is -2.28. The number of hydrogen-bond acceptors (Lipinski definition) is 4. The maximum atomic E-state index is 12.9. The number of fused-ring (bicyclic) bond motifs is 1. The Hall–Kier alpha value is -3.75. The Kier molecular flexibility index (Phi) is 6.23. The van der Waals surface area contributed by atoms with Crippen LogP contribution in [0, 0.1) is 0 Å². The van der Waals surface area contributed by atoms with E-state index in [4.69, 9.17) is 0 Å². The van der Waals surface area contributed by atoms with Crippen LogP contribution < -0.4 is 14.9 Å². The second kappa shape index (κ2) is 9.48. The molecule has 0 saturated heterocycles. The molecule has 35 heavy (non-hydrogen) atoms. The van der Waals surface area contributed by atoms with Gasteiger partial charge in [-0.2, -0.15) is 0 Å². The molecule has 3 aromatic rings. The molecule has 1 aliphatic heterocycles. The highest BCUT2D eigenvalue weighted by molar-refractivity contribution is 7.89. The van der Waals surface area contributed by atoms with E-state index in [1.54, 1.807) is 47.4 Å². The summed E-state index contributed by atoms with van der Waals surface area (Å²) in [6.07, 6.45) is 5.59. The molecule has 0 atom stereocenters. The molecule has 7 nitrogen and oxygen atoms in total. The summed E-state index contributed by atoms with van der Waals surface area (Å²) in [7, 11) is -3.50. The minimum Gasteiger partial charge on any atom is -0.323 e. The highest BCUT2D eigenvalue weighted by Gasteiger charge is 2.28. The summed E-state index contributed by atoms with van der Waals surface area (Å²) >= 11 is 0. The van der Waals surface area contributed by atoms with E-state index in [-0.39, 0.29) is 22.8 Å². The van der Waals surface area contributed by atoms with Crippen LogP contribution in [0.2, 0.25) is 0 Å². The number of hydrogen-bond donors (Lipinski definition) is 2. The van der Waals surface area contributed by atoms with Gasteiger partial charge in [-0.05, 0) is 78.9 Å². The van der Waals surface area contributed by atoms with E-state index in [2.05, 4.69) is 10.0 Å². The summed E-state index contributed by atoms with van der Waals surface area (Å²) in [6, 6.07) is 21.1. The van der Waals surface area contributed by atoms with E-state index in [0.29, 0.717) is 23.4 Å². The average Bonchev–Trinajstić information content (AvgIpc) is 3.56. The van der Waals surface area contributed by atoms with Gasteiger partial charge in [0.05, 0.1) is 4.90 Å². The van der Waals surface area contributed by atoms with Crippen molar-refractivity contribution in [2.24, 2.45) is 0 Å². The number of carbonyl (C=O) groups excluding carboxylic acids is 2. The van der Waals surface area contributed by atoms with E-state index in [1.807, 2.05) is 24.3 Å². The summed E-state index contributed by atoms with van der Waals surface area (Å²) in [5.41, 5.74) is 3.96. The first-order chi connectivity index (χ1) is 16.9. The zero-order valence-corrected chi connectivity index (χ0v) is 19.8. The minimum atomic E-state index is -3.50. The molecule has 1 heterocycles. The van der Waals surface area contributed by atoms with Crippen molar-refractivity contribution in [1.82, 2.24) is 4.72 Å². The van der Waals surface area contributed by atoms with Crippen LogP contribution in [0.15, 0.2) is 83.8 Å². The molecule has 1 aliphatic carbocycles. The highest BCUT2D eigenvalue weighted by Crippen LogP contribution is 2.29. The lowest BCUT2D eigenvalue weighted by atomic mass is 10.1. The van der Waals surface area contributed by atoms with E-state index in [0.717, 1.165) is 24.9 Å². The van der Waals surface area contributed by atoms with Crippen LogP contribution >= 0.6 is 0 Å². The minimum absolute atomic E-state index is 0.0485. The van der Waals surface area contributed by atoms with Gasteiger partial charge in [-0.15, -0.1) is 0 Å². The molecule has 0 bridgehead atoms. The van der Waals surface area contributed by atoms with Crippen molar-refractivity contribution in [3.8, 4) is 0 Å². The summed E-state index contributed by atoms with van der Waals surface area (Å²) in [5.74, 6) is -0.393. The lowest BCUT2D eigenvalue weighted by molar-refractivity contribution is -0.111. The molecule has 0 aromatic heterocycles. The van der Waals surface area contributed by atoms with Gasteiger partial charge in [-0.1, -0.05) is 30.3 Å². The van der Waals surface area contributed by atoms with Gasteiger partial charge in [0, 0.05) is 35.6 Å². The molecule has 0 unspecified atom stereocenters. The molecular formula is C27H25N3O4S. The first kappa shape index (κ1) is 23.0. The lowest BCUT2D eigenvalue weighted by Gasteiger charge is -2.17. The third kappa shape index (κ3) is 5.34. The van der Waals surface area contributed by atoms with Gasteiger partial charge >= 0.3 is 0 Å². The number of benzene rings is 3.